The van der Waals surface area contributed by atoms with Crippen molar-refractivity contribution >= 4 is 16.9 Å². The molecule has 0 radical (unpaired) electrons. The molecule has 1 amide bonds. The zero-order valence-corrected chi connectivity index (χ0v) is 11.2. The van der Waals surface area contributed by atoms with Gasteiger partial charge in [0.2, 0.25) is 5.56 Å². The van der Waals surface area contributed by atoms with Gasteiger partial charge in [0.25, 0.3) is 5.91 Å². The number of nitrogens with one attached hydrogen (secondary N) is 1. The van der Waals surface area contributed by atoms with Crippen LogP contribution in [0.2, 0.25) is 0 Å². The van der Waals surface area contributed by atoms with Gasteiger partial charge in [-0.1, -0.05) is 12.2 Å². The molecule has 3 rings (SSSR count). The molecule has 5 nitrogen and oxygen atoms in total. The first kappa shape index (κ1) is 12.6. The Bertz CT molecular complexity index is 755. The van der Waals surface area contributed by atoms with Gasteiger partial charge in [-0.05, 0) is 25.0 Å². The molecule has 1 N–H and O–H groups in total. The van der Waals surface area contributed by atoms with Crippen LogP contribution in [-0.2, 0) is 0 Å². The fourth-order valence-corrected chi connectivity index (χ4v) is 2.50. The van der Waals surface area contributed by atoms with Gasteiger partial charge in [-0.15, -0.1) is 0 Å². The molecule has 1 aliphatic rings. The molecule has 0 aliphatic heterocycles. The molecular formula is C15H15N3O2. The Morgan fingerprint density at radius 2 is 2.25 bits per heavy atom. The van der Waals surface area contributed by atoms with Crippen molar-refractivity contribution in [2.24, 2.45) is 0 Å². The summed E-state index contributed by atoms with van der Waals surface area (Å²) in [5.41, 5.74) is 1.68. The maximum atomic E-state index is 12.6. The molecule has 0 aromatic carbocycles. The monoisotopic (exact) mass is 269 g/mol. The molecule has 5 heteroatoms. The van der Waals surface area contributed by atoms with Crippen LogP contribution in [0.5, 0.6) is 0 Å². The number of aromatic amines is 1. The smallest absolute Gasteiger partial charge is 0.254 e. The number of H-pyrrole nitrogens is 1. The fraction of sp³-hybridized carbons (Fsp3) is 0.267. The summed E-state index contributed by atoms with van der Waals surface area (Å²) in [5.74, 6) is -0.147. The van der Waals surface area contributed by atoms with Crippen LogP contribution in [0.4, 0.5) is 0 Å². The quantitative estimate of drug-likeness (QED) is 0.844. The van der Waals surface area contributed by atoms with E-state index in [0.29, 0.717) is 16.6 Å². The fourth-order valence-electron chi connectivity index (χ4n) is 2.50. The highest BCUT2D eigenvalue weighted by Gasteiger charge is 2.29. The molecule has 2 aromatic heterocycles. The average Bonchev–Trinajstić information content (AvgIpc) is 2.41. The highest BCUT2D eigenvalue weighted by molar-refractivity contribution is 6.05. The first-order valence-corrected chi connectivity index (χ1v) is 6.48. The van der Waals surface area contributed by atoms with Crippen molar-refractivity contribution in [1.82, 2.24) is 14.9 Å². The molecule has 0 saturated heterocycles. The molecular weight excluding hydrogens is 254 g/mol. The third-order valence-electron chi connectivity index (χ3n) is 3.76. The van der Waals surface area contributed by atoms with Crippen LogP contribution in [0.1, 0.15) is 23.2 Å². The number of carbonyl (C=O) groups is 1. The SMILES string of the molecule is C=C1CC(N(C)C(=O)c2cc(=O)[nH]c3ncccc23)C1. The van der Waals surface area contributed by atoms with Gasteiger partial charge in [-0.3, -0.25) is 9.59 Å². The lowest BCUT2D eigenvalue weighted by atomic mass is 9.86. The third kappa shape index (κ3) is 2.01. The third-order valence-corrected chi connectivity index (χ3v) is 3.76. The van der Waals surface area contributed by atoms with E-state index < -0.39 is 0 Å². The molecule has 0 bridgehead atoms. The van der Waals surface area contributed by atoms with Gasteiger partial charge in [-0.2, -0.15) is 0 Å². The summed E-state index contributed by atoms with van der Waals surface area (Å²) in [6.45, 7) is 3.89. The molecule has 2 heterocycles. The van der Waals surface area contributed by atoms with Crippen molar-refractivity contribution in [2.45, 2.75) is 18.9 Å². The zero-order valence-electron chi connectivity index (χ0n) is 11.2. The normalized spacial score (nSPS) is 15.2. The average molecular weight is 269 g/mol. The van der Waals surface area contributed by atoms with Crippen LogP contribution in [0.25, 0.3) is 11.0 Å². The van der Waals surface area contributed by atoms with Crippen LogP contribution in [0.3, 0.4) is 0 Å². The van der Waals surface area contributed by atoms with Gasteiger partial charge in [0.1, 0.15) is 5.65 Å². The van der Waals surface area contributed by atoms with Gasteiger partial charge < -0.3 is 9.88 Å². The summed E-state index contributed by atoms with van der Waals surface area (Å²) >= 11 is 0. The molecule has 0 unspecified atom stereocenters. The number of hydrogen-bond acceptors (Lipinski definition) is 3. The van der Waals surface area contributed by atoms with Crippen LogP contribution >= 0.6 is 0 Å². The predicted molar refractivity (Wildman–Crippen MR) is 76.6 cm³/mol. The topological polar surface area (TPSA) is 66.1 Å². The lowest BCUT2D eigenvalue weighted by Gasteiger charge is -2.36. The van der Waals surface area contributed by atoms with E-state index in [2.05, 4.69) is 16.5 Å². The maximum Gasteiger partial charge on any atom is 0.254 e. The second-order valence-electron chi connectivity index (χ2n) is 5.17. The molecule has 0 atom stereocenters. The number of carbonyl (C=O) groups excluding carboxylic acids is 1. The molecule has 1 saturated carbocycles. The van der Waals surface area contributed by atoms with Gasteiger partial charge in [0.05, 0.1) is 5.56 Å². The molecule has 1 fully saturated rings. The Morgan fingerprint density at radius 1 is 1.50 bits per heavy atom. The Morgan fingerprint density at radius 3 is 2.95 bits per heavy atom. The lowest BCUT2D eigenvalue weighted by Crippen LogP contribution is -2.42. The number of nitrogens with zero attached hydrogens (tertiary/aromatic N) is 2. The number of fused-ring (bicyclic) bond motifs is 1. The van der Waals surface area contributed by atoms with E-state index in [1.54, 1.807) is 30.3 Å². The van der Waals surface area contributed by atoms with Crippen molar-refractivity contribution in [3.63, 3.8) is 0 Å². The maximum absolute atomic E-state index is 12.6. The Balaban J connectivity index is 2.03. The van der Waals surface area contributed by atoms with Crippen molar-refractivity contribution in [3.05, 3.63) is 52.5 Å². The molecule has 102 valence electrons. The van der Waals surface area contributed by atoms with Crippen LogP contribution in [0.15, 0.2) is 41.3 Å². The van der Waals surface area contributed by atoms with Gasteiger partial charge in [0, 0.05) is 30.7 Å². The van der Waals surface area contributed by atoms with Crippen molar-refractivity contribution < 1.29 is 4.79 Å². The molecule has 2 aromatic rings. The minimum Gasteiger partial charge on any atom is -0.338 e. The Kier molecular flexibility index (Phi) is 2.89. The summed E-state index contributed by atoms with van der Waals surface area (Å²) in [4.78, 5) is 32.6. The second kappa shape index (κ2) is 4.59. The van der Waals surface area contributed by atoms with Crippen molar-refractivity contribution in [1.29, 1.82) is 0 Å². The molecule has 0 spiro atoms. The highest BCUT2D eigenvalue weighted by atomic mass is 16.2. The number of aromatic nitrogens is 2. The van der Waals surface area contributed by atoms with Gasteiger partial charge in [0.15, 0.2) is 0 Å². The van der Waals surface area contributed by atoms with Crippen molar-refractivity contribution in [3.8, 4) is 0 Å². The van der Waals surface area contributed by atoms with E-state index in [9.17, 15) is 9.59 Å². The minimum absolute atomic E-state index is 0.147. The number of amides is 1. The van der Waals surface area contributed by atoms with E-state index in [1.165, 1.54) is 6.07 Å². The van der Waals surface area contributed by atoms with Crippen LogP contribution in [-0.4, -0.2) is 33.9 Å². The molecule has 20 heavy (non-hydrogen) atoms. The van der Waals surface area contributed by atoms with E-state index in [0.717, 1.165) is 18.4 Å². The summed E-state index contributed by atoms with van der Waals surface area (Å²) in [6, 6.07) is 5.07. The van der Waals surface area contributed by atoms with Crippen LogP contribution in [0, 0.1) is 0 Å². The molecule has 1 aliphatic carbocycles. The first-order chi connectivity index (χ1) is 9.56. The zero-order chi connectivity index (χ0) is 14.3. The van der Waals surface area contributed by atoms with E-state index in [1.807, 2.05) is 0 Å². The second-order valence-corrected chi connectivity index (χ2v) is 5.17. The van der Waals surface area contributed by atoms with Crippen LogP contribution < -0.4 is 5.56 Å². The summed E-state index contributed by atoms with van der Waals surface area (Å²) < 4.78 is 0. The Labute approximate surface area is 115 Å². The first-order valence-electron chi connectivity index (χ1n) is 6.48. The number of hydrogen-bond donors (Lipinski definition) is 1. The predicted octanol–water partition coefficient (Wildman–Crippen LogP) is 1.71. The van der Waals surface area contributed by atoms with Crippen molar-refractivity contribution in [2.75, 3.05) is 7.05 Å². The highest BCUT2D eigenvalue weighted by Crippen LogP contribution is 2.29. The Hall–Kier alpha value is -2.43. The van der Waals surface area contributed by atoms with Gasteiger partial charge in [-0.25, -0.2) is 4.98 Å². The lowest BCUT2D eigenvalue weighted by molar-refractivity contribution is 0.0700. The van der Waals surface area contributed by atoms with E-state index in [-0.39, 0.29) is 17.5 Å². The number of pyridine rings is 2. The largest absolute Gasteiger partial charge is 0.338 e. The van der Waals surface area contributed by atoms with E-state index >= 15 is 0 Å². The standard InChI is InChI=1S/C15H15N3O2/c1-9-6-10(7-9)18(2)15(20)12-8-13(19)17-14-11(12)4-3-5-16-14/h3-5,8,10H,1,6-7H2,2H3,(H,16,17,19). The summed E-state index contributed by atoms with van der Waals surface area (Å²) in [5, 5.41) is 0.669. The van der Waals surface area contributed by atoms with E-state index in [4.69, 9.17) is 0 Å². The minimum atomic E-state index is -0.314. The van der Waals surface area contributed by atoms with Gasteiger partial charge >= 0.3 is 0 Å². The number of rotatable bonds is 2. The summed E-state index contributed by atoms with van der Waals surface area (Å²) in [6.07, 6.45) is 3.26. The summed E-state index contributed by atoms with van der Waals surface area (Å²) in [7, 11) is 1.77.